The molecular weight excluding hydrogens is 326 g/mol. The van der Waals surface area contributed by atoms with Crippen LogP contribution in [-0.2, 0) is 9.30 Å². The normalized spacial score (nSPS) is 30.4. The number of ether oxygens (including phenoxy) is 1. The van der Waals surface area contributed by atoms with E-state index in [1.165, 1.54) is 0 Å². The van der Waals surface area contributed by atoms with Gasteiger partial charge >= 0.3 is 13.3 Å². The van der Waals surface area contributed by atoms with Gasteiger partial charge < -0.3 is 24.7 Å². The molecule has 0 aromatic carbocycles. The Hall–Kier alpha value is -1.36. The number of hydrogen-bond donors (Lipinski definition) is 5. The first-order valence-electron chi connectivity index (χ1n) is 6.13. The van der Waals surface area contributed by atoms with Gasteiger partial charge in [-0.2, -0.15) is 0 Å². The molecule has 0 saturated carbocycles. The van der Waals surface area contributed by atoms with Gasteiger partial charge in [0.05, 0.1) is 6.10 Å². The van der Waals surface area contributed by atoms with E-state index >= 15 is 0 Å². The summed E-state index contributed by atoms with van der Waals surface area (Å²) >= 11 is 0. The number of aromatic nitrogens is 2. The molecule has 1 saturated heterocycles. The third-order valence-corrected chi connectivity index (χ3v) is 4.20. The van der Waals surface area contributed by atoms with Gasteiger partial charge in [-0.15, -0.1) is 0 Å². The van der Waals surface area contributed by atoms with Crippen LogP contribution in [0.3, 0.4) is 0 Å². The van der Waals surface area contributed by atoms with E-state index in [1.807, 2.05) is 4.98 Å². The third-order valence-electron chi connectivity index (χ3n) is 3.25. The van der Waals surface area contributed by atoms with Crippen LogP contribution < -0.4 is 11.2 Å². The van der Waals surface area contributed by atoms with Crippen LogP contribution in [0.25, 0.3) is 0 Å². The maximum atomic E-state index is 13.4. The van der Waals surface area contributed by atoms with Gasteiger partial charge in [-0.05, 0) is 0 Å². The number of hydrogen-bond acceptors (Lipinski definition) is 6. The minimum absolute atomic E-state index is 0.684. The van der Waals surface area contributed by atoms with Crippen LogP contribution in [0.1, 0.15) is 12.6 Å². The minimum Gasteiger partial charge on any atom is -0.388 e. The molecule has 0 bridgehead atoms. The first-order valence-corrected chi connectivity index (χ1v) is 7.82. The lowest BCUT2D eigenvalue weighted by molar-refractivity contribution is -0.0451. The molecule has 0 radical (unpaired) electrons. The van der Waals surface area contributed by atoms with Crippen molar-refractivity contribution in [3.05, 3.63) is 33.1 Å². The van der Waals surface area contributed by atoms with E-state index in [-0.39, 0.29) is 0 Å². The van der Waals surface area contributed by atoms with Gasteiger partial charge in [0.25, 0.3) is 5.56 Å². The summed E-state index contributed by atoms with van der Waals surface area (Å²) < 4.78 is 30.0. The zero-order chi connectivity index (χ0) is 16.7. The van der Waals surface area contributed by atoms with Gasteiger partial charge in [0.2, 0.25) is 5.91 Å². The van der Waals surface area contributed by atoms with Crippen molar-refractivity contribution in [3.8, 4) is 0 Å². The predicted molar refractivity (Wildman–Crippen MR) is 68.8 cm³/mol. The SMILES string of the molecule is O=c1ccn([C@@H]2O[C@H](CC(F)P(=O)(O)O)[C@@H](O)[C@H]2O)c(=O)[nH]1. The zero-order valence-electron chi connectivity index (χ0n) is 10.9. The quantitative estimate of drug-likeness (QED) is 0.394. The summed E-state index contributed by atoms with van der Waals surface area (Å²) in [4.78, 5) is 41.9. The van der Waals surface area contributed by atoms with E-state index in [1.54, 1.807) is 0 Å². The maximum Gasteiger partial charge on any atom is 0.359 e. The molecular formula is C10H14FN2O8P. The van der Waals surface area contributed by atoms with Crippen molar-refractivity contribution in [1.82, 2.24) is 9.55 Å². The van der Waals surface area contributed by atoms with Gasteiger partial charge in [-0.25, -0.2) is 9.18 Å². The van der Waals surface area contributed by atoms with Crippen molar-refractivity contribution < 1.29 is 33.7 Å². The number of nitrogens with one attached hydrogen (secondary N) is 1. The van der Waals surface area contributed by atoms with Gasteiger partial charge in [0.15, 0.2) is 6.23 Å². The Labute approximate surface area is 122 Å². The predicted octanol–water partition coefficient (Wildman–Crippen LogP) is -1.98. The number of aromatic amines is 1. The minimum atomic E-state index is -5.02. The number of rotatable bonds is 4. The Morgan fingerprint density at radius 1 is 1.36 bits per heavy atom. The molecule has 0 aliphatic carbocycles. The fourth-order valence-corrected chi connectivity index (χ4v) is 2.59. The second-order valence-electron chi connectivity index (χ2n) is 4.82. The van der Waals surface area contributed by atoms with Crippen molar-refractivity contribution >= 4 is 7.60 Å². The van der Waals surface area contributed by atoms with Gasteiger partial charge in [0.1, 0.15) is 12.2 Å². The van der Waals surface area contributed by atoms with Crippen molar-refractivity contribution in [3.63, 3.8) is 0 Å². The number of H-pyrrole nitrogens is 1. The lowest BCUT2D eigenvalue weighted by Gasteiger charge is -2.18. The van der Waals surface area contributed by atoms with Crippen LogP contribution in [0.15, 0.2) is 21.9 Å². The highest BCUT2D eigenvalue weighted by Gasteiger charge is 2.46. The van der Waals surface area contributed by atoms with Crippen molar-refractivity contribution in [2.75, 3.05) is 0 Å². The molecule has 10 nitrogen and oxygen atoms in total. The van der Waals surface area contributed by atoms with Crippen LogP contribution in [0.2, 0.25) is 0 Å². The third kappa shape index (κ3) is 3.35. The van der Waals surface area contributed by atoms with Crippen LogP contribution in [0, 0.1) is 0 Å². The molecule has 124 valence electrons. The number of nitrogens with zero attached hydrogens (tertiary/aromatic N) is 1. The smallest absolute Gasteiger partial charge is 0.359 e. The number of aliphatic hydroxyl groups excluding tert-OH is 2. The number of halogens is 1. The van der Waals surface area contributed by atoms with Crippen molar-refractivity contribution in [2.24, 2.45) is 0 Å². The molecule has 0 amide bonds. The molecule has 12 heteroatoms. The molecule has 5 atom stereocenters. The molecule has 22 heavy (non-hydrogen) atoms. The zero-order valence-corrected chi connectivity index (χ0v) is 11.8. The summed E-state index contributed by atoms with van der Waals surface area (Å²) in [5.74, 6) is -2.58. The average Bonchev–Trinajstić information content (AvgIpc) is 2.66. The number of aliphatic hydroxyl groups is 2. The Bertz CT molecular complexity index is 699. The average molecular weight is 340 g/mol. The largest absolute Gasteiger partial charge is 0.388 e. The van der Waals surface area contributed by atoms with Crippen LogP contribution in [-0.4, -0.2) is 53.8 Å². The highest BCUT2D eigenvalue weighted by Crippen LogP contribution is 2.46. The molecule has 1 aromatic heterocycles. The molecule has 0 spiro atoms. The standard InChI is InChI=1S/C10H14FN2O8P/c11-5(22(18,19)20)3-4-7(15)8(16)9(21-4)13-2-1-6(14)12-10(13)17/h1-2,4-5,7-9,15-16H,3H2,(H,12,14,17)(H2,18,19,20)/t4-,5?,7-,8-,9-/m1/s1. The van der Waals surface area contributed by atoms with Crippen molar-refractivity contribution in [1.29, 1.82) is 0 Å². The van der Waals surface area contributed by atoms with Crippen LogP contribution >= 0.6 is 7.60 Å². The number of alkyl halides is 1. The maximum absolute atomic E-state index is 13.4. The van der Waals surface area contributed by atoms with E-state index in [9.17, 15) is 28.8 Å². The van der Waals surface area contributed by atoms with E-state index in [2.05, 4.69) is 0 Å². The van der Waals surface area contributed by atoms with Crippen LogP contribution in [0.5, 0.6) is 0 Å². The molecule has 1 aromatic rings. The topological polar surface area (TPSA) is 162 Å². The molecule has 1 aliphatic heterocycles. The summed E-state index contributed by atoms with van der Waals surface area (Å²) in [6.45, 7) is 0. The van der Waals surface area contributed by atoms with Crippen LogP contribution in [0.4, 0.5) is 4.39 Å². The molecule has 1 fully saturated rings. The van der Waals surface area contributed by atoms with E-state index in [0.717, 1.165) is 16.8 Å². The fourth-order valence-electron chi connectivity index (χ4n) is 2.11. The Balaban J connectivity index is 2.22. The lowest BCUT2D eigenvalue weighted by atomic mass is 10.1. The Morgan fingerprint density at radius 2 is 2.00 bits per heavy atom. The summed E-state index contributed by atoms with van der Waals surface area (Å²) in [6, 6.07) is 0.977. The Morgan fingerprint density at radius 3 is 2.55 bits per heavy atom. The van der Waals surface area contributed by atoms with Gasteiger partial charge in [-0.1, -0.05) is 0 Å². The molecule has 2 heterocycles. The molecule has 1 unspecified atom stereocenters. The summed E-state index contributed by atoms with van der Waals surface area (Å²) in [6.07, 6.45) is -6.00. The highest BCUT2D eigenvalue weighted by atomic mass is 31.2. The second kappa shape index (κ2) is 6.03. The van der Waals surface area contributed by atoms with E-state index < -0.39 is 55.7 Å². The summed E-state index contributed by atoms with van der Waals surface area (Å²) in [5, 5.41) is 19.6. The summed E-state index contributed by atoms with van der Waals surface area (Å²) in [5.41, 5.74) is -1.60. The van der Waals surface area contributed by atoms with E-state index in [0.29, 0.717) is 0 Å². The van der Waals surface area contributed by atoms with Gasteiger partial charge in [-0.3, -0.25) is 18.9 Å². The molecule has 2 rings (SSSR count). The van der Waals surface area contributed by atoms with E-state index in [4.69, 9.17) is 14.5 Å². The summed E-state index contributed by atoms with van der Waals surface area (Å²) in [7, 11) is -5.02. The highest BCUT2D eigenvalue weighted by molar-refractivity contribution is 7.52. The molecule has 5 N–H and O–H groups in total. The fraction of sp³-hybridized carbons (Fsp3) is 0.600. The first-order chi connectivity index (χ1) is 10.1. The first kappa shape index (κ1) is 17.0. The monoisotopic (exact) mass is 340 g/mol. The molecule has 1 aliphatic rings. The second-order valence-corrected chi connectivity index (χ2v) is 6.56. The lowest BCUT2D eigenvalue weighted by Crippen LogP contribution is -2.37. The van der Waals surface area contributed by atoms with Gasteiger partial charge in [0, 0.05) is 18.7 Å². The van der Waals surface area contributed by atoms with Crippen molar-refractivity contribution in [2.45, 2.75) is 36.9 Å². The Kier molecular flexibility index (Phi) is 4.66.